The van der Waals surface area contributed by atoms with E-state index in [4.69, 9.17) is 11.0 Å². The lowest BCUT2D eigenvalue weighted by atomic mass is 10.0. The quantitative estimate of drug-likeness (QED) is 0.820. The van der Waals surface area contributed by atoms with E-state index in [0.29, 0.717) is 31.8 Å². The van der Waals surface area contributed by atoms with Crippen LogP contribution in [0.2, 0.25) is 0 Å². The summed E-state index contributed by atoms with van der Waals surface area (Å²) in [5.41, 5.74) is 6.90. The minimum absolute atomic E-state index is 0.0993. The lowest BCUT2D eigenvalue weighted by molar-refractivity contribution is -0.133. The molecule has 0 spiro atoms. The van der Waals surface area contributed by atoms with Crippen molar-refractivity contribution in [2.24, 2.45) is 11.7 Å². The topological polar surface area (TPSA) is 83.0 Å². The summed E-state index contributed by atoms with van der Waals surface area (Å²) in [6.45, 7) is 4.91. The minimum Gasteiger partial charge on any atom is -0.336 e. The Morgan fingerprint density at radius 1 is 1.55 bits per heavy atom. The van der Waals surface area contributed by atoms with Gasteiger partial charge in [0.1, 0.15) is 0 Å². The molecule has 2 N–H and O–H groups in total. The molecule has 1 rings (SSSR count). The SMILES string of the molecule is CC(C)C[C@H](N)C(=O)N(CCC#N)Cc1cccnc1. The molecule has 1 atom stereocenters. The monoisotopic (exact) mass is 274 g/mol. The van der Waals surface area contributed by atoms with Gasteiger partial charge in [0.05, 0.1) is 18.5 Å². The summed E-state index contributed by atoms with van der Waals surface area (Å²) in [6, 6.07) is 5.30. The summed E-state index contributed by atoms with van der Waals surface area (Å²) in [5.74, 6) is 0.267. The van der Waals surface area contributed by atoms with Crippen LogP contribution in [-0.4, -0.2) is 28.4 Å². The number of rotatable bonds is 7. The number of carbonyl (C=O) groups excluding carboxylic acids is 1. The molecule has 0 saturated carbocycles. The van der Waals surface area contributed by atoms with Crippen LogP contribution < -0.4 is 5.73 Å². The third-order valence-electron chi connectivity index (χ3n) is 2.94. The molecule has 0 fully saturated rings. The van der Waals surface area contributed by atoms with Gasteiger partial charge in [-0.3, -0.25) is 9.78 Å². The molecule has 0 saturated heterocycles. The largest absolute Gasteiger partial charge is 0.336 e. The van der Waals surface area contributed by atoms with Crippen molar-refractivity contribution in [2.45, 2.75) is 39.3 Å². The van der Waals surface area contributed by atoms with E-state index in [1.807, 2.05) is 26.0 Å². The van der Waals surface area contributed by atoms with Gasteiger partial charge in [-0.1, -0.05) is 19.9 Å². The van der Waals surface area contributed by atoms with Crippen LogP contribution >= 0.6 is 0 Å². The number of nitrogens with two attached hydrogens (primary N) is 1. The molecule has 0 unspecified atom stereocenters. The molecule has 0 bridgehead atoms. The molecule has 5 heteroatoms. The van der Waals surface area contributed by atoms with Crippen molar-refractivity contribution in [1.82, 2.24) is 9.88 Å². The number of pyridine rings is 1. The van der Waals surface area contributed by atoms with Gasteiger partial charge in [0, 0.05) is 25.5 Å². The molecular formula is C15H22N4O. The van der Waals surface area contributed by atoms with Crippen molar-refractivity contribution in [3.8, 4) is 6.07 Å². The van der Waals surface area contributed by atoms with Crippen LogP contribution in [0, 0.1) is 17.2 Å². The van der Waals surface area contributed by atoms with E-state index in [1.54, 1.807) is 17.3 Å². The van der Waals surface area contributed by atoms with Crippen LogP contribution in [0.1, 0.15) is 32.3 Å². The van der Waals surface area contributed by atoms with Crippen LogP contribution in [-0.2, 0) is 11.3 Å². The Labute approximate surface area is 120 Å². The van der Waals surface area contributed by atoms with E-state index in [1.165, 1.54) is 0 Å². The Balaban J connectivity index is 2.73. The summed E-state index contributed by atoms with van der Waals surface area (Å²) in [6.07, 6.45) is 4.37. The van der Waals surface area contributed by atoms with Crippen LogP contribution in [0.25, 0.3) is 0 Å². The molecule has 1 aromatic heterocycles. The maximum absolute atomic E-state index is 12.4. The molecule has 0 aliphatic heterocycles. The van der Waals surface area contributed by atoms with E-state index < -0.39 is 6.04 Å². The zero-order chi connectivity index (χ0) is 15.0. The zero-order valence-corrected chi connectivity index (χ0v) is 12.1. The Morgan fingerprint density at radius 3 is 2.85 bits per heavy atom. The maximum Gasteiger partial charge on any atom is 0.239 e. The first-order chi connectivity index (χ1) is 9.54. The second-order valence-electron chi connectivity index (χ2n) is 5.27. The fourth-order valence-corrected chi connectivity index (χ4v) is 2.01. The predicted molar refractivity (Wildman–Crippen MR) is 77.3 cm³/mol. The van der Waals surface area contributed by atoms with Gasteiger partial charge in [-0.05, 0) is 24.0 Å². The van der Waals surface area contributed by atoms with E-state index >= 15 is 0 Å². The maximum atomic E-state index is 12.4. The minimum atomic E-state index is -0.509. The lowest BCUT2D eigenvalue weighted by Gasteiger charge is -2.25. The van der Waals surface area contributed by atoms with Crippen LogP contribution in [0.5, 0.6) is 0 Å². The average molecular weight is 274 g/mol. The molecule has 1 amide bonds. The van der Waals surface area contributed by atoms with E-state index in [-0.39, 0.29) is 5.91 Å². The lowest BCUT2D eigenvalue weighted by Crippen LogP contribution is -2.44. The van der Waals surface area contributed by atoms with Gasteiger partial charge in [-0.25, -0.2) is 0 Å². The first-order valence-electron chi connectivity index (χ1n) is 6.84. The van der Waals surface area contributed by atoms with Crippen LogP contribution in [0.3, 0.4) is 0 Å². The van der Waals surface area contributed by atoms with Gasteiger partial charge >= 0.3 is 0 Å². The number of aromatic nitrogens is 1. The summed E-state index contributed by atoms with van der Waals surface area (Å²) in [5, 5.41) is 8.72. The van der Waals surface area contributed by atoms with E-state index in [2.05, 4.69) is 11.1 Å². The van der Waals surface area contributed by atoms with E-state index in [0.717, 1.165) is 5.56 Å². The van der Waals surface area contributed by atoms with Crippen LogP contribution in [0.4, 0.5) is 0 Å². The van der Waals surface area contributed by atoms with Crippen molar-refractivity contribution in [3.63, 3.8) is 0 Å². The predicted octanol–water partition coefficient (Wildman–Crippen LogP) is 1.70. The number of hydrogen-bond donors (Lipinski definition) is 1. The van der Waals surface area contributed by atoms with Crippen molar-refractivity contribution in [3.05, 3.63) is 30.1 Å². The van der Waals surface area contributed by atoms with Crippen molar-refractivity contribution in [1.29, 1.82) is 5.26 Å². The third-order valence-corrected chi connectivity index (χ3v) is 2.94. The van der Waals surface area contributed by atoms with Crippen molar-refractivity contribution in [2.75, 3.05) is 6.54 Å². The molecule has 1 aromatic rings. The molecule has 5 nitrogen and oxygen atoms in total. The second kappa shape index (κ2) is 8.28. The number of amides is 1. The number of carbonyl (C=O) groups is 1. The van der Waals surface area contributed by atoms with Crippen molar-refractivity contribution < 1.29 is 4.79 Å². The van der Waals surface area contributed by atoms with Gasteiger partial charge in [0.15, 0.2) is 0 Å². The molecule has 0 radical (unpaired) electrons. The summed E-state index contributed by atoms with van der Waals surface area (Å²) >= 11 is 0. The van der Waals surface area contributed by atoms with Crippen LogP contribution in [0.15, 0.2) is 24.5 Å². The Kier molecular flexibility index (Phi) is 6.68. The highest BCUT2D eigenvalue weighted by Gasteiger charge is 2.21. The molecule has 20 heavy (non-hydrogen) atoms. The molecule has 1 heterocycles. The second-order valence-corrected chi connectivity index (χ2v) is 5.27. The highest BCUT2D eigenvalue weighted by atomic mass is 16.2. The Hall–Kier alpha value is -1.93. The number of nitrogens with zero attached hydrogens (tertiary/aromatic N) is 3. The van der Waals surface area contributed by atoms with Gasteiger partial charge in [-0.15, -0.1) is 0 Å². The first-order valence-corrected chi connectivity index (χ1v) is 6.84. The molecule has 0 aliphatic rings. The molecule has 0 aliphatic carbocycles. The number of hydrogen-bond acceptors (Lipinski definition) is 4. The Morgan fingerprint density at radius 2 is 2.30 bits per heavy atom. The van der Waals surface area contributed by atoms with Gasteiger partial charge in [0.25, 0.3) is 0 Å². The Bertz CT molecular complexity index is 453. The fourth-order valence-electron chi connectivity index (χ4n) is 2.01. The van der Waals surface area contributed by atoms with E-state index in [9.17, 15) is 4.79 Å². The highest BCUT2D eigenvalue weighted by molar-refractivity contribution is 5.81. The summed E-state index contributed by atoms with van der Waals surface area (Å²) in [4.78, 5) is 18.0. The highest BCUT2D eigenvalue weighted by Crippen LogP contribution is 2.10. The normalized spacial score (nSPS) is 11.9. The zero-order valence-electron chi connectivity index (χ0n) is 12.1. The molecule has 108 valence electrons. The van der Waals surface area contributed by atoms with Gasteiger partial charge in [0.2, 0.25) is 5.91 Å². The molecular weight excluding hydrogens is 252 g/mol. The third kappa shape index (κ3) is 5.37. The smallest absolute Gasteiger partial charge is 0.239 e. The summed E-state index contributed by atoms with van der Waals surface area (Å²) in [7, 11) is 0. The van der Waals surface area contributed by atoms with Gasteiger partial charge < -0.3 is 10.6 Å². The number of nitriles is 1. The van der Waals surface area contributed by atoms with Crippen molar-refractivity contribution >= 4 is 5.91 Å². The average Bonchev–Trinajstić information content (AvgIpc) is 2.43. The molecule has 0 aromatic carbocycles. The fraction of sp³-hybridized carbons (Fsp3) is 0.533. The summed E-state index contributed by atoms with van der Waals surface area (Å²) < 4.78 is 0. The first kappa shape index (κ1) is 16.1. The standard InChI is InChI=1S/C15H22N4O/c1-12(2)9-14(17)15(20)19(8-4-6-16)11-13-5-3-7-18-10-13/h3,5,7,10,12,14H,4,8-9,11,17H2,1-2H3/t14-/m0/s1. The van der Waals surface area contributed by atoms with Gasteiger partial charge in [-0.2, -0.15) is 5.26 Å².